The van der Waals surface area contributed by atoms with Crippen LogP contribution in [0.25, 0.3) is 0 Å². The second kappa shape index (κ2) is 10.4. The van der Waals surface area contributed by atoms with E-state index in [9.17, 15) is 13.2 Å². The molecule has 2 aromatic rings. The fourth-order valence-corrected chi connectivity index (χ4v) is 7.52. The van der Waals surface area contributed by atoms with Gasteiger partial charge >= 0.3 is 0 Å². The predicted octanol–water partition coefficient (Wildman–Crippen LogP) is 5.34. The van der Waals surface area contributed by atoms with E-state index in [1.807, 2.05) is 25.1 Å². The van der Waals surface area contributed by atoms with Crippen molar-refractivity contribution in [3.8, 4) is 0 Å². The van der Waals surface area contributed by atoms with Gasteiger partial charge in [-0.25, -0.2) is 0 Å². The standard InChI is InChI=1S/C29H36O6S/c1-22-11-13-24(14-12-22)36(31,32)35-21-5-10-25(23-8-3-2-4-9-23)26-15-18-28(16-6-19-33-28)29(27(26)30)17-7-20-34-29/h2-4,8-9,11-14,25-26H,5-7,10,15-21H2,1H3/t25-,26-,28+,29-/m1/s1. The molecule has 2 heterocycles. The van der Waals surface area contributed by atoms with Crippen LogP contribution in [0, 0.1) is 12.8 Å². The molecule has 6 nitrogen and oxygen atoms in total. The number of carbonyl (C=O) groups excluding carboxylic acids is 1. The van der Waals surface area contributed by atoms with E-state index in [1.54, 1.807) is 24.3 Å². The summed E-state index contributed by atoms with van der Waals surface area (Å²) in [7, 11) is -3.81. The molecule has 0 radical (unpaired) electrons. The monoisotopic (exact) mass is 512 g/mol. The summed E-state index contributed by atoms with van der Waals surface area (Å²) in [6.07, 6.45) is 6.23. The maximum Gasteiger partial charge on any atom is 0.296 e. The maximum atomic E-state index is 14.2. The fourth-order valence-electron chi connectivity index (χ4n) is 6.58. The molecule has 3 fully saturated rings. The molecule has 2 aromatic carbocycles. The molecule has 0 amide bonds. The Kier molecular flexibility index (Phi) is 7.37. The number of hydrogen-bond donors (Lipinski definition) is 0. The van der Waals surface area contributed by atoms with E-state index in [-0.39, 0.29) is 29.1 Å². The van der Waals surface area contributed by atoms with Gasteiger partial charge in [-0.1, -0.05) is 48.0 Å². The van der Waals surface area contributed by atoms with Crippen LogP contribution >= 0.6 is 0 Å². The summed E-state index contributed by atoms with van der Waals surface area (Å²) in [5.74, 6) is -0.0339. The number of ether oxygens (including phenoxy) is 2. The highest BCUT2D eigenvalue weighted by molar-refractivity contribution is 7.86. The minimum atomic E-state index is -3.81. The Morgan fingerprint density at radius 1 is 0.972 bits per heavy atom. The zero-order valence-corrected chi connectivity index (χ0v) is 21.8. The van der Waals surface area contributed by atoms with E-state index in [0.29, 0.717) is 26.1 Å². The predicted molar refractivity (Wildman–Crippen MR) is 136 cm³/mol. The Morgan fingerprint density at radius 3 is 2.36 bits per heavy atom. The molecule has 5 rings (SSSR count). The number of fused-ring (bicyclic) bond motifs is 1. The van der Waals surface area contributed by atoms with Crippen LogP contribution in [-0.4, -0.2) is 45.2 Å². The number of ketones is 1. The normalized spacial score (nSPS) is 29.2. The molecule has 0 N–H and O–H groups in total. The van der Waals surface area contributed by atoms with Gasteiger partial charge in [0.05, 0.1) is 11.5 Å². The second-order valence-electron chi connectivity index (χ2n) is 10.5. The molecule has 4 atom stereocenters. The van der Waals surface area contributed by atoms with Crippen molar-refractivity contribution in [2.45, 2.75) is 80.3 Å². The molecule has 7 heteroatoms. The van der Waals surface area contributed by atoms with E-state index in [1.165, 1.54) is 0 Å². The molecule has 3 aliphatic rings. The summed E-state index contributed by atoms with van der Waals surface area (Å²) in [5.41, 5.74) is 0.771. The van der Waals surface area contributed by atoms with Crippen molar-refractivity contribution in [1.82, 2.24) is 0 Å². The summed E-state index contributed by atoms with van der Waals surface area (Å²) in [6, 6.07) is 16.8. The third kappa shape index (κ3) is 4.67. The molecule has 0 aromatic heterocycles. The molecule has 2 saturated heterocycles. The lowest BCUT2D eigenvalue weighted by atomic mass is 9.60. The van der Waals surface area contributed by atoms with Crippen molar-refractivity contribution in [3.05, 3.63) is 65.7 Å². The Labute approximate surface area is 214 Å². The summed E-state index contributed by atoms with van der Waals surface area (Å²) >= 11 is 0. The van der Waals surface area contributed by atoms with Crippen molar-refractivity contribution in [1.29, 1.82) is 0 Å². The molecular formula is C29H36O6S. The van der Waals surface area contributed by atoms with Crippen molar-refractivity contribution in [3.63, 3.8) is 0 Å². The highest BCUT2D eigenvalue weighted by Crippen LogP contribution is 2.54. The van der Waals surface area contributed by atoms with E-state index in [0.717, 1.165) is 49.7 Å². The Hall–Kier alpha value is -2.06. The van der Waals surface area contributed by atoms with Crippen LogP contribution < -0.4 is 0 Å². The molecule has 0 bridgehead atoms. The summed E-state index contributed by atoms with van der Waals surface area (Å²) in [5, 5.41) is 0. The summed E-state index contributed by atoms with van der Waals surface area (Å²) in [4.78, 5) is 14.4. The van der Waals surface area contributed by atoms with Crippen LogP contribution in [0.5, 0.6) is 0 Å². The first kappa shape index (κ1) is 25.6. The average molecular weight is 513 g/mol. The van der Waals surface area contributed by atoms with E-state index < -0.39 is 21.3 Å². The minimum Gasteiger partial charge on any atom is -0.371 e. The smallest absolute Gasteiger partial charge is 0.296 e. The molecule has 2 aliphatic heterocycles. The van der Waals surface area contributed by atoms with Gasteiger partial charge in [-0.05, 0) is 81.9 Å². The van der Waals surface area contributed by atoms with E-state index >= 15 is 0 Å². The van der Waals surface area contributed by atoms with Crippen molar-refractivity contribution in [2.24, 2.45) is 5.92 Å². The van der Waals surface area contributed by atoms with Gasteiger partial charge in [-0.3, -0.25) is 8.98 Å². The number of hydrogen-bond acceptors (Lipinski definition) is 6. The van der Waals surface area contributed by atoms with E-state index in [2.05, 4.69) is 12.1 Å². The molecule has 36 heavy (non-hydrogen) atoms. The van der Waals surface area contributed by atoms with Gasteiger partial charge in [0.1, 0.15) is 5.60 Å². The molecule has 194 valence electrons. The lowest BCUT2D eigenvalue weighted by Gasteiger charge is -2.50. The van der Waals surface area contributed by atoms with Crippen LogP contribution in [0.15, 0.2) is 59.5 Å². The first-order chi connectivity index (χ1) is 17.4. The van der Waals surface area contributed by atoms with Gasteiger partial charge in [0, 0.05) is 19.1 Å². The van der Waals surface area contributed by atoms with Gasteiger partial charge in [0.25, 0.3) is 10.1 Å². The van der Waals surface area contributed by atoms with Crippen LogP contribution in [0.2, 0.25) is 0 Å². The minimum absolute atomic E-state index is 0.0239. The topological polar surface area (TPSA) is 78.9 Å². The Balaban J connectivity index is 1.32. The third-order valence-electron chi connectivity index (χ3n) is 8.38. The number of Topliss-reactive ketones (excluding diaryl/α,β-unsaturated/α-hetero) is 1. The highest BCUT2D eigenvalue weighted by Gasteiger charge is 2.65. The first-order valence-electron chi connectivity index (χ1n) is 13.2. The number of aryl methyl sites for hydroxylation is 1. The van der Waals surface area contributed by atoms with Crippen LogP contribution in [0.1, 0.15) is 68.4 Å². The zero-order valence-electron chi connectivity index (χ0n) is 21.0. The van der Waals surface area contributed by atoms with Crippen molar-refractivity contribution < 1.29 is 26.9 Å². The largest absolute Gasteiger partial charge is 0.371 e. The Morgan fingerprint density at radius 2 is 1.69 bits per heavy atom. The van der Waals surface area contributed by atoms with Crippen molar-refractivity contribution in [2.75, 3.05) is 19.8 Å². The highest BCUT2D eigenvalue weighted by atomic mass is 32.2. The quantitative estimate of drug-likeness (QED) is 0.351. The molecule has 1 aliphatic carbocycles. The first-order valence-corrected chi connectivity index (χ1v) is 14.6. The third-order valence-corrected chi connectivity index (χ3v) is 9.70. The van der Waals surface area contributed by atoms with Crippen LogP contribution in [-0.2, 0) is 28.6 Å². The molecule has 1 saturated carbocycles. The maximum absolute atomic E-state index is 14.2. The summed E-state index contributed by atoms with van der Waals surface area (Å²) < 4.78 is 43.2. The summed E-state index contributed by atoms with van der Waals surface area (Å²) in [6.45, 7) is 3.28. The Bertz CT molecular complexity index is 1150. The fraction of sp³-hybridized carbons (Fsp3) is 0.552. The van der Waals surface area contributed by atoms with Gasteiger partial charge in [0.15, 0.2) is 11.4 Å². The van der Waals surface area contributed by atoms with Crippen molar-refractivity contribution >= 4 is 15.9 Å². The molecule has 0 unspecified atom stereocenters. The SMILES string of the molecule is Cc1ccc(S(=O)(=O)OCCC[C@H](c2ccccc2)[C@H]2CC[C@@]3(CCCO3)[C@@]3(CCCO3)C2=O)cc1. The lowest BCUT2D eigenvalue weighted by molar-refractivity contribution is -0.199. The number of carbonyl (C=O) groups is 1. The average Bonchev–Trinajstić information content (AvgIpc) is 3.56. The van der Waals surface area contributed by atoms with Gasteiger partial charge in [0.2, 0.25) is 0 Å². The van der Waals surface area contributed by atoms with Crippen LogP contribution in [0.3, 0.4) is 0 Å². The van der Waals surface area contributed by atoms with Gasteiger partial charge in [-0.15, -0.1) is 0 Å². The lowest BCUT2D eigenvalue weighted by Crippen LogP contribution is -2.64. The number of rotatable bonds is 8. The van der Waals surface area contributed by atoms with E-state index in [4.69, 9.17) is 13.7 Å². The molecular weight excluding hydrogens is 476 g/mol. The van der Waals surface area contributed by atoms with Gasteiger partial charge in [-0.2, -0.15) is 8.42 Å². The molecule has 2 spiro atoms. The second-order valence-corrected chi connectivity index (χ2v) is 12.1. The van der Waals surface area contributed by atoms with Gasteiger partial charge < -0.3 is 9.47 Å². The number of benzene rings is 2. The zero-order chi connectivity index (χ0) is 25.2. The van der Waals surface area contributed by atoms with Crippen LogP contribution in [0.4, 0.5) is 0 Å².